The number of allylic oxidation sites excluding steroid dienone is 1. The molecule has 3 heteroatoms. The molecule has 13 heavy (non-hydrogen) atoms. The lowest BCUT2D eigenvalue weighted by molar-refractivity contribution is 0.617. The lowest BCUT2D eigenvalue weighted by Gasteiger charge is -2.12. The summed E-state index contributed by atoms with van der Waals surface area (Å²) in [6.45, 7) is 4.20. The van der Waals surface area contributed by atoms with Gasteiger partial charge in [-0.1, -0.05) is 11.6 Å². The molecule has 1 atom stereocenters. The number of nitrogens with one attached hydrogen (secondary N) is 1. The minimum Gasteiger partial charge on any atom is -0.309 e. The molecule has 0 aliphatic carbocycles. The van der Waals surface area contributed by atoms with E-state index < -0.39 is 0 Å². The molecule has 0 aliphatic heterocycles. The molecule has 1 rings (SSSR count). The van der Waals surface area contributed by atoms with Crippen LogP contribution >= 0.6 is 0 Å². The summed E-state index contributed by atoms with van der Waals surface area (Å²) in [5, 5.41) is 7.38. The average Bonchev–Trinajstić information content (AvgIpc) is 2.47. The standard InChI is InChI=1S/C10H17N3/c1-8(2)7-9(11-3)10-5-6-12-13(10)4/h5-7,9,11H,1-4H3. The van der Waals surface area contributed by atoms with Crippen molar-refractivity contribution in [3.63, 3.8) is 0 Å². The van der Waals surface area contributed by atoms with Crippen LogP contribution in [0.2, 0.25) is 0 Å². The molecule has 0 saturated heterocycles. The number of rotatable bonds is 3. The van der Waals surface area contributed by atoms with E-state index in [2.05, 4.69) is 30.3 Å². The zero-order chi connectivity index (χ0) is 9.84. The first-order valence-electron chi connectivity index (χ1n) is 4.45. The number of likely N-dealkylation sites (N-methyl/N-ethyl adjacent to an activating group) is 1. The number of hydrogen-bond acceptors (Lipinski definition) is 2. The molecular weight excluding hydrogens is 162 g/mol. The van der Waals surface area contributed by atoms with Crippen molar-refractivity contribution in [1.29, 1.82) is 0 Å². The fourth-order valence-electron chi connectivity index (χ4n) is 1.34. The molecule has 0 saturated carbocycles. The van der Waals surface area contributed by atoms with E-state index >= 15 is 0 Å². The first kappa shape index (κ1) is 9.99. The molecule has 1 unspecified atom stereocenters. The lowest BCUT2D eigenvalue weighted by atomic mass is 10.1. The molecule has 0 amide bonds. The molecule has 0 aliphatic rings. The highest BCUT2D eigenvalue weighted by Gasteiger charge is 2.08. The fraction of sp³-hybridized carbons (Fsp3) is 0.500. The highest BCUT2D eigenvalue weighted by atomic mass is 15.3. The molecule has 0 spiro atoms. The topological polar surface area (TPSA) is 29.9 Å². The third kappa shape index (κ3) is 2.42. The highest BCUT2D eigenvalue weighted by molar-refractivity contribution is 5.15. The van der Waals surface area contributed by atoms with Crippen molar-refractivity contribution >= 4 is 0 Å². The maximum atomic E-state index is 4.14. The summed E-state index contributed by atoms with van der Waals surface area (Å²) in [4.78, 5) is 0. The van der Waals surface area contributed by atoms with Crippen molar-refractivity contribution in [2.24, 2.45) is 7.05 Å². The highest BCUT2D eigenvalue weighted by Crippen LogP contribution is 2.13. The number of nitrogens with zero attached hydrogens (tertiary/aromatic N) is 2. The minimum absolute atomic E-state index is 0.262. The first-order chi connectivity index (χ1) is 6.15. The van der Waals surface area contributed by atoms with Gasteiger partial charge in [0.05, 0.1) is 11.7 Å². The third-order valence-electron chi connectivity index (χ3n) is 1.99. The second-order valence-electron chi connectivity index (χ2n) is 3.39. The molecule has 3 nitrogen and oxygen atoms in total. The molecule has 0 fully saturated rings. The second kappa shape index (κ2) is 4.23. The summed E-state index contributed by atoms with van der Waals surface area (Å²) in [7, 11) is 3.91. The van der Waals surface area contributed by atoms with E-state index in [9.17, 15) is 0 Å². The molecule has 1 aromatic heterocycles. The van der Waals surface area contributed by atoms with Crippen LogP contribution in [0.3, 0.4) is 0 Å². The van der Waals surface area contributed by atoms with Crippen LogP contribution in [0.15, 0.2) is 23.9 Å². The fourth-order valence-corrected chi connectivity index (χ4v) is 1.34. The molecule has 1 heterocycles. The Balaban J connectivity index is 2.91. The lowest BCUT2D eigenvalue weighted by Crippen LogP contribution is -2.17. The van der Waals surface area contributed by atoms with Crippen LogP contribution in [0.25, 0.3) is 0 Å². The Morgan fingerprint density at radius 3 is 2.69 bits per heavy atom. The van der Waals surface area contributed by atoms with Crippen LogP contribution in [-0.4, -0.2) is 16.8 Å². The largest absolute Gasteiger partial charge is 0.309 e. The van der Waals surface area contributed by atoms with Gasteiger partial charge in [0.2, 0.25) is 0 Å². The summed E-state index contributed by atoms with van der Waals surface area (Å²) in [5.74, 6) is 0. The summed E-state index contributed by atoms with van der Waals surface area (Å²) in [6, 6.07) is 2.29. The summed E-state index contributed by atoms with van der Waals surface area (Å²) >= 11 is 0. The van der Waals surface area contributed by atoms with Crippen LogP contribution in [0, 0.1) is 0 Å². The van der Waals surface area contributed by atoms with E-state index in [0.717, 1.165) is 0 Å². The van der Waals surface area contributed by atoms with Crippen LogP contribution in [0.1, 0.15) is 25.6 Å². The van der Waals surface area contributed by atoms with E-state index in [0.29, 0.717) is 0 Å². The Bertz CT molecular complexity index is 295. The average molecular weight is 179 g/mol. The van der Waals surface area contributed by atoms with Gasteiger partial charge < -0.3 is 5.32 Å². The van der Waals surface area contributed by atoms with E-state index in [-0.39, 0.29) is 6.04 Å². The first-order valence-corrected chi connectivity index (χ1v) is 4.45. The molecular formula is C10H17N3. The predicted octanol–water partition coefficient (Wildman–Crippen LogP) is 1.65. The quantitative estimate of drug-likeness (QED) is 0.715. The summed E-state index contributed by atoms with van der Waals surface area (Å²) in [5.41, 5.74) is 2.49. The molecule has 1 N–H and O–H groups in total. The van der Waals surface area contributed by atoms with Gasteiger partial charge in [0.1, 0.15) is 0 Å². The molecule has 0 aromatic carbocycles. The maximum Gasteiger partial charge on any atom is 0.0677 e. The molecule has 0 radical (unpaired) electrons. The van der Waals surface area contributed by atoms with Crippen LogP contribution < -0.4 is 5.32 Å². The van der Waals surface area contributed by atoms with Crippen LogP contribution in [-0.2, 0) is 7.05 Å². The van der Waals surface area contributed by atoms with Gasteiger partial charge in [-0.15, -0.1) is 0 Å². The Hall–Kier alpha value is -1.09. The van der Waals surface area contributed by atoms with Gasteiger partial charge in [-0.25, -0.2) is 0 Å². The van der Waals surface area contributed by atoms with E-state index in [1.807, 2.05) is 31.0 Å². The SMILES string of the molecule is CNC(C=C(C)C)c1ccnn1C. The van der Waals surface area contributed by atoms with E-state index in [4.69, 9.17) is 0 Å². The minimum atomic E-state index is 0.262. The maximum absolute atomic E-state index is 4.14. The number of aryl methyl sites for hydroxylation is 1. The third-order valence-corrected chi connectivity index (χ3v) is 1.99. The van der Waals surface area contributed by atoms with Gasteiger partial charge in [-0.2, -0.15) is 5.10 Å². The number of hydrogen-bond donors (Lipinski definition) is 1. The zero-order valence-electron chi connectivity index (χ0n) is 8.70. The van der Waals surface area contributed by atoms with Gasteiger partial charge in [-0.3, -0.25) is 4.68 Å². The van der Waals surface area contributed by atoms with Crippen LogP contribution in [0.4, 0.5) is 0 Å². The van der Waals surface area contributed by atoms with E-state index in [1.54, 1.807) is 0 Å². The molecule has 72 valence electrons. The summed E-state index contributed by atoms with van der Waals surface area (Å²) in [6.07, 6.45) is 4.01. The predicted molar refractivity (Wildman–Crippen MR) is 54.4 cm³/mol. The van der Waals surface area contributed by atoms with Gasteiger partial charge in [0.25, 0.3) is 0 Å². The zero-order valence-corrected chi connectivity index (χ0v) is 8.70. The normalized spacial score (nSPS) is 12.6. The van der Waals surface area contributed by atoms with Crippen molar-refractivity contribution in [3.8, 4) is 0 Å². The Morgan fingerprint density at radius 2 is 2.31 bits per heavy atom. The second-order valence-corrected chi connectivity index (χ2v) is 3.39. The van der Waals surface area contributed by atoms with Crippen molar-refractivity contribution in [2.45, 2.75) is 19.9 Å². The summed E-state index contributed by atoms with van der Waals surface area (Å²) < 4.78 is 1.89. The van der Waals surface area contributed by atoms with Crippen molar-refractivity contribution in [2.75, 3.05) is 7.05 Å². The number of aromatic nitrogens is 2. The van der Waals surface area contributed by atoms with Gasteiger partial charge in [-0.05, 0) is 27.0 Å². The smallest absolute Gasteiger partial charge is 0.0677 e. The van der Waals surface area contributed by atoms with Crippen molar-refractivity contribution in [3.05, 3.63) is 29.6 Å². The van der Waals surface area contributed by atoms with Gasteiger partial charge in [0.15, 0.2) is 0 Å². The Kier molecular flexibility index (Phi) is 3.25. The Labute approximate surface area is 79.5 Å². The molecule has 0 bridgehead atoms. The van der Waals surface area contributed by atoms with Crippen molar-refractivity contribution in [1.82, 2.24) is 15.1 Å². The molecule has 1 aromatic rings. The monoisotopic (exact) mass is 179 g/mol. The van der Waals surface area contributed by atoms with E-state index in [1.165, 1.54) is 11.3 Å². The van der Waals surface area contributed by atoms with Gasteiger partial charge >= 0.3 is 0 Å². The van der Waals surface area contributed by atoms with Crippen molar-refractivity contribution < 1.29 is 0 Å². The van der Waals surface area contributed by atoms with Gasteiger partial charge in [0, 0.05) is 13.2 Å². The Morgan fingerprint density at radius 1 is 1.62 bits per heavy atom. The van der Waals surface area contributed by atoms with Crippen LogP contribution in [0.5, 0.6) is 0 Å².